The summed E-state index contributed by atoms with van der Waals surface area (Å²) >= 11 is 0. The van der Waals surface area contributed by atoms with E-state index < -0.39 is 0 Å². The van der Waals surface area contributed by atoms with Crippen molar-refractivity contribution in [3.63, 3.8) is 0 Å². The van der Waals surface area contributed by atoms with Gasteiger partial charge in [0.15, 0.2) is 5.78 Å². The Balaban J connectivity index is 2.02. The molecule has 2 aromatic carbocycles. The van der Waals surface area contributed by atoms with E-state index in [4.69, 9.17) is 0 Å². The van der Waals surface area contributed by atoms with Gasteiger partial charge in [-0.25, -0.2) is 0 Å². The maximum absolute atomic E-state index is 12.4. The van der Waals surface area contributed by atoms with E-state index in [1.54, 1.807) is 0 Å². The molecule has 0 aromatic heterocycles. The number of nitrogens with zero attached hydrogens (tertiary/aromatic N) is 2. The highest BCUT2D eigenvalue weighted by Gasteiger charge is 2.13. The molecule has 0 heterocycles. The molecule has 0 aliphatic rings. The molecule has 0 amide bonds. The molecular formula is C19H24N2O. The molecule has 116 valence electrons. The van der Waals surface area contributed by atoms with Crippen LogP contribution in [0.4, 0.5) is 0 Å². The second-order valence-electron chi connectivity index (χ2n) is 5.79. The Morgan fingerprint density at radius 3 is 2.05 bits per heavy atom. The lowest BCUT2D eigenvalue weighted by Gasteiger charge is -2.23. The molecule has 3 nitrogen and oxygen atoms in total. The van der Waals surface area contributed by atoms with E-state index in [0.717, 1.165) is 25.2 Å². The van der Waals surface area contributed by atoms with Crippen molar-refractivity contribution in [2.45, 2.75) is 6.54 Å². The van der Waals surface area contributed by atoms with E-state index in [0.29, 0.717) is 6.54 Å². The molecule has 0 spiro atoms. The van der Waals surface area contributed by atoms with Crippen molar-refractivity contribution >= 4 is 5.78 Å². The molecule has 0 unspecified atom stereocenters. The SMILES string of the molecule is CN(C)CCN(CC(=O)c1ccccc1)Cc1ccccc1. The van der Waals surface area contributed by atoms with Crippen LogP contribution in [0, 0.1) is 0 Å². The van der Waals surface area contributed by atoms with Gasteiger partial charge < -0.3 is 4.90 Å². The molecule has 2 rings (SSSR count). The second kappa shape index (κ2) is 8.47. The number of benzene rings is 2. The number of carbonyl (C=O) groups excluding carboxylic acids is 1. The Morgan fingerprint density at radius 1 is 0.864 bits per heavy atom. The van der Waals surface area contributed by atoms with Crippen LogP contribution in [0.5, 0.6) is 0 Å². The molecule has 0 N–H and O–H groups in total. The third-order valence-electron chi connectivity index (χ3n) is 3.58. The largest absolute Gasteiger partial charge is 0.308 e. The fourth-order valence-corrected chi connectivity index (χ4v) is 2.32. The third-order valence-corrected chi connectivity index (χ3v) is 3.58. The molecule has 0 saturated heterocycles. The molecule has 0 fully saturated rings. The zero-order valence-electron chi connectivity index (χ0n) is 13.4. The van der Waals surface area contributed by atoms with Crippen LogP contribution < -0.4 is 0 Å². The first-order valence-electron chi connectivity index (χ1n) is 7.64. The number of hydrogen-bond acceptors (Lipinski definition) is 3. The zero-order chi connectivity index (χ0) is 15.8. The van der Waals surface area contributed by atoms with Crippen molar-refractivity contribution in [3.05, 3.63) is 71.8 Å². The van der Waals surface area contributed by atoms with E-state index >= 15 is 0 Å². The molecule has 0 radical (unpaired) electrons. The number of likely N-dealkylation sites (N-methyl/N-ethyl adjacent to an activating group) is 1. The predicted octanol–water partition coefficient (Wildman–Crippen LogP) is 2.93. The van der Waals surface area contributed by atoms with Gasteiger partial charge in [-0.05, 0) is 19.7 Å². The fraction of sp³-hybridized carbons (Fsp3) is 0.316. The summed E-state index contributed by atoms with van der Waals surface area (Å²) in [5.41, 5.74) is 2.02. The van der Waals surface area contributed by atoms with Crippen LogP contribution in [0.1, 0.15) is 15.9 Å². The molecular weight excluding hydrogens is 272 g/mol. The van der Waals surface area contributed by atoms with Gasteiger partial charge in [0.05, 0.1) is 6.54 Å². The standard InChI is InChI=1S/C19H24N2O/c1-20(2)13-14-21(15-17-9-5-3-6-10-17)16-19(22)18-11-7-4-8-12-18/h3-12H,13-16H2,1-2H3. The lowest BCUT2D eigenvalue weighted by molar-refractivity contribution is 0.0919. The van der Waals surface area contributed by atoms with Crippen molar-refractivity contribution in [1.82, 2.24) is 9.80 Å². The number of hydrogen-bond donors (Lipinski definition) is 0. The van der Waals surface area contributed by atoms with E-state index in [2.05, 4.69) is 36.0 Å². The summed E-state index contributed by atoms with van der Waals surface area (Å²) in [6, 6.07) is 19.8. The molecule has 0 saturated carbocycles. The summed E-state index contributed by atoms with van der Waals surface area (Å²) in [4.78, 5) is 16.8. The Morgan fingerprint density at radius 2 is 1.45 bits per heavy atom. The van der Waals surface area contributed by atoms with Crippen LogP contribution in [-0.4, -0.2) is 49.3 Å². The summed E-state index contributed by atoms with van der Waals surface area (Å²) in [5, 5.41) is 0. The Labute approximate surface area is 133 Å². The summed E-state index contributed by atoms with van der Waals surface area (Å²) in [6.07, 6.45) is 0. The smallest absolute Gasteiger partial charge is 0.176 e. The average Bonchev–Trinajstić information content (AvgIpc) is 2.54. The first kappa shape index (κ1) is 16.4. The third kappa shape index (κ3) is 5.43. The number of carbonyl (C=O) groups is 1. The maximum Gasteiger partial charge on any atom is 0.176 e. The lowest BCUT2D eigenvalue weighted by Crippen LogP contribution is -2.35. The van der Waals surface area contributed by atoms with Gasteiger partial charge in [0.2, 0.25) is 0 Å². The van der Waals surface area contributed by atoms with Gasteiger partial charge in [-0.15, -0.1) is 0 Å². The Bertz CT molecular complexity index is 567. The highest BCUT2D eigenvalue weighted by molar-refractivity contribution is 5.97. The fourth-order valence-electron chi connectivity index (χ4n) is 2.32. The van der Waals surface area contributed by atoms with Gasteiger partial charge in [-0.2, -0.15) is 0 Å². The van der Waals surface area contributed by atoms with Crippen molar-refractivity contribution < 1.29 is 4.79 Å². The van der Waals surface area contributed by atoms with Gasteiger partial charge in [-0.1, -0.05) is 60.7 Å². The van der Waals surface area contributed by atoms with Gasteiger partial charge in [0.1, 0.15) is 0 Å². The molecule has 22 heavy (non-hydrogen) atoms. The average molecular weight is 296 g/mol. The quantitative estimate of drug-likeness (QED) is 0.700. The molecule has 0 aliphatic carbocycles. The van der Waals surface area contributed by atoms with Crippen LogP contribution >= 0.6 is 0 Å². The van der Waals surface area contributed by atoms with Crippen molar-refractivity contribution in [1.29, 1.82) is 0 Å². The number of Topliss-reactive ketones (excluding diaryl/α,β-unsaturated/α-hetero) is 1. The van der Waals surface area contributed by atoms with Gasteiger partial charge in [0.25, 0.3) is 0 Å². The zero-order valence-corrected chi connectivity index (χ0v) is 13.4. The summed E-state index contributed by atoms with van der Waals surface area (Å²) in [7, 11) is 4.11. The highest BCUT2D eigenvalue weighted by atomic mass is 16.1. The minimum absolute atomic E-state index is 0.176. The lowest BCUT2D eigenvalue weighted by atomic mass is 10.1. The van der Waals surface area contributed by atoms with Gasteiger partial charge in [0, 0.05) is 25.2 Å². The van der Waals surface area contributed by atoms with Gasteiger partial charge in [-0.3, -0.25) is 9.69 Å². The number of rotatable bonds is 8. The van der Waals surface area contributed by atoms with Crippen LogP contribution in [0.3, 0.4) is 0 Å². The van der Waals surface area contributed by atoms with E-state index in [1.165, 1.54) is 5.56 Å². The summed E-state index contributed by atoms with van der Waals surface area (Å²) in [6.45, 7) is 3.06. The normalized spacial score (nSPS) is 11.1. The van der Waals surface area contributed by atoms with Crippen molar-refractivity contribution in [3.8, 4) is 0 Å². The van der Waals surface area contributed by atoms with Crippen molar-refractivity contribution in [2.24, 2.45) is 0 Å². The summed E-state index contributed by atoms with van der Waals surface area (Å²) in [5.74, 6) is 0.176. The maximum atomic E-state index is 12.4. The first-order valence-corrected chi connectivity index (χ1v) is 7.64. The minimum Gasteiger partial charge on any atom is -0.308 e. The topological polar surface area (TPSA) is 23.6 Å². The van der Waals surface area contributed by atoms with E-state index in [9.17, 15) is 4.79 Å². The summed E-state index contributed by atoms with van der Waals surface area (Å²) < 4.78 is 0. The van der Waals surface area contributed by atoms with E-state index in [1.807, 2.05) is 48.5 Å². The Kier molecular flexibility index (Phi) is 6.31. The van der Waals surface area contributed by atoms with Crippen LogP contribution in [0.15, 0.2) is 60.7 Å². The highest BCUT2D eigenvalue weighted by Crippen LogP contribution is 2.07. The van der Waals surface area contributed by atoms with Crippen molar-refractivity contribution in [2.75, 3.05) is 33.7 Å². The van der Waals surface area contributed by atoms with Gasteiger partial charge >= 0.3 is 0 Å². The molecule has 0 aliphatic heterocycles. The first-order chi connectivity index (χ1) is 10.6. The Hall–Kier alpha value is -1.97. The molecule has 2 aromatic rings. The monoisotopic (exact) mass is 296 g/mol. The van der Waals surface area contributed by atoms with Crippen LogP contribution in [0.2, 0.25) is 0 Å². The van der Waals surface area contributed by atoms with Crippen LogP contribution in [-0.2, 0) is 6.54 Å². The molecule has 0 atom stereocenters. The second-order valence-corrected chi connectivity index (χ2v) is 5.79. The molecule has 0 bridgehead atoms. The predicted molar refractivity (Wildman–Crippen MR) is 91.0 cm³/mol. The minimum atomic E-state index is 0.176. The number of ketones is 1. The van der Waals surface area contributed by atoms with E-state index in [-0.39, 0.29) is 5.78 Å². The van der Waals surface area contributed by atoms with Crippen LogP contribution in [0.25, 0.3) is 0 Å². The molecule has 3 heteroatoms.